The van der Waals surface area contributed by atoms with E-state index in [1.54, 1.807) is 0 Å². The number of likely N-dealkylation sites (N-methyl/N-ethyl adjacent to an activating group) is 1. The highest BCUT2D eigenvalue weighted by Crippen LogP contribution is 2.36. The van der Waals surface area contributed by atoms with Gasteiger partial charge in [0.15, 0.2) is 0 Å². The average molecular weight is 366 g/mol. The second kappa shape index (κ2) is 6.63. The molecular weight excluding hydrogens is 348 g/mol. The van der Waals surface area contributed by atoms with Crippen molar-refractivity contribution >= 4 is 34.2 Å². The number of fused-ring (bicyclic) bond motifs is 1. The van der Waals surface area contributed by atoms with E-state index in [0.29, 0.717) is 0 Å². The van der Waals surface area contributed by atoms with Crippen LogP contribution in [-0.4, -0.2) is 24.8 Å². The number of amidine groups is 1. The van der Waals surface area contributed by atoms with Gasteiger partial charge >= 0.3 is 0 Å². The zero-order chi connectivity index (χ0) is 14.1. The van der Waals surface area contributed by atoms with Crippen LogP contribution in [0.3, 0.4) is 0 Å². The van der Waals surface area contributed by atoms with Crippen LogP contribution in [0.15, 0.2) is 58.0 Å². The molecule has 1 unspecified atom stereocenters. The van der Waals surface area contributed by atoms with Gasteiger partial charge in [-0.3, -0.25) is 4.99 Å². The molecule has 1 heterocycles. The molecule has 21 heavy (non-hydrogen) atoms. The van der Waals surface area contributed by atoms with Gasteiger partial charge in [0.05, 0.1) is 0 Å². The summed E-state index contributed by atoms with van der Waals surface area (Å²) < 4.78 is 1.11. The first-order valence-corrected chi connectivity index (χ1v) is 7.52. The van der Waals surface area contributed by atoms with Crippen molar-refractivity contribution < 1.29 is 0 Å². The molecule has 2 nitrogen and oxygen atoms in total. The molecule has 0 radical (unpaired) electrons. The van der Waals surface area contributed by atoms with Crippen LogP contribution < -0.4 is 0 Å². The van der Waals surface area contributed by atoms with Crippen LogP contribution in [0.4, 0.5) is 0 Å². The summed E-state index contributed by atoms with van der Waals surface area (Å²) in [6.45, 7) is 0. The van der Waals surface area contributed by atoms with Crippen LogP contribution in [-0.2, 0) is 6.42 Å². The third-order valence-electron chi connectivity index (χ3n) is 3.69. The fourth-order valence-corrected chi connectivity index (χ4v) is 3.11. The van der Waals surface area contributed by atoms with Crippen LogP contribution in [0.1, 0.15) is 22.7 Å². The fourth-order valence-electron chi connectivity index (χ4n) is 2.60. The quantitative estimate of drug-likeness (QED) is 0.727. The number of halogens is 2. The molecule has 110 valence electrons. The minimum Gasteiger partial charge on any atom is -0.366 e. The second-order valence-corrected chi connectivity index (χ2v) is 6.09. The molecule has 0 saturated carbocycles. The van der Waals surface area contributed by atoms with E-state index in [2.05, 4.69) is 77.4 Å². The van der Waals surface area contributed by atoms with Crippen molar-refractivity contribution in [2.24, 2.45) is 4.99 Å². The Bertz CT molecular complexity index is 667. The summed E-state index contributed by atoms with van der Waals surface area (Å²) in [5.41, 5.74) is 3.90. The van der Waals surface area contributed by atoms with Crippen molar-refractivity contribution in [2.45, 2.75) is 12.5 Å². The van der Waals surface area contributed by atoms with E-state index >= 15 is 0 Å². The van der Waals surface area contributed by atoms with Crippen LogP contribution in [0.5, 0.6) is 0 Å². The third kappa shape index (κ3) is 3.14. The Hall–Kier alpha value is -1.32. The molecule has 0 fully saturated rings. The number of rotatable bonds is 1. The lowest BCUT2D eigenvalue weighted by Gasteiger charge is -2.28. The summed E-state index contributed by atoms with van der Waals surface area (Å²) in [6, 6.07) is 17.0. The molecule has 0 amide bonds. The zero-order valence-electron chi connectivity index (χ0n) is 12.1. The molecule has 1 atom stereocenters. The molecule has 0 N–H and O–H groups in total. The zero-order valence-corrected chi connectivity index (χ0v) is 14.5. The maximum Gasteiger partial charge on any atom is 0.104 e. The number of hydrogen-bond acceptors (Lipinski definition) is 2. The summed E-state index contributed by atoms with van der Waals surface area (Å²) in [7, 11) is 4.12. The van der Waals surface area contributed by atoms with Gasteiger partial charge in [-0.1, -0.05) is 58.4 Å². The lowest BCUT2D eigenvalue weighted by molar-refractivity contribution is 0.591. The number of benzene rings is 2. The molecular formula is C17H18BrClN2. The van der Waals surface area contributed by atoms with Crippen molar-refractivity contribution in [2.75, 3.05) is 14.1 Å². The standard InChI is InChI=1S/C17H17BrN2.ClH/c1-20(2)16-11-12-7-3-4-8-13(12)17(19-16)14-9-5-6-10-15(14)18;/h3-10,17H,11H2,1-2H3;1H. The Morgan fingerprint density at radius 3 is 2.29 bits per heavy atom. The van der Waals surface area contributed by atoms with Gasteiger partial charge in [0.1, 0.15) is 11.9 Å². The predicted octanol–water partition coefficient (Wildman–Crippen LogP) is 4.48. The predicted molar refractivity (Wildman–Crippen MR) is 94.5 cm³/mol. The van der Waals surface area contributed by atoms with Crippen LogP contribution in [0.25, 0.3) is 0 Å². The third-order valence-corrected chi connectivity index (χ3v) is 4.41. The number of aliphatic imine (C=N–C) groups is 1. The van der Waals surface area contributed by atoms with Crippen molar-refractivity contribution in [3.8, 4) is 0 Å². The maximum absolute atomic E-state index is 4.97. The molecule has 0 bridgehead atoms. The normalized spacial score (nSPS) is 16.5. The molecule has 2 aromatic carbocycles. The second-order valence-electron chi connectivity index (χ2n) is 5.24. The SMILES string of the molecule is CN(C)C1=NC(c2ccccc2Br)c2ccccc2C1.Cl. The molecule has 1 aliphatic rings. The van der Waals surface area contributed by atoms with Gasteiger partial charge in [0, 0.05) is 25.0 Å². The molecule has 1 aliphatic heterocycles. The number of nitrogens with zero attached hydrogens (tertiary/aromatic N) is 2. The first kappa shape index (κ1) is 16.1. The Balaban J connectivity index is 0.00000161. The summed E-state index contributed by atoms with van der Waals surface area (Å²) in [4.78, 5) is 7.08. The fraction of sp³-hybridized carbons (Fsp3) is 0.235. The lowest BCUT2D eigenvalue weighted by atomic mass is 9.90. The highest BCUT2D eigenvalue weighted by molar-refractivity contribution is 9.10. The van der Waals surface area contributed by atoms with Crippen molar-refractivity contribution in [3.63, 3.8) is 0 Å². The first-order chi connectivity index (χ1) is 9.66. The average Bonchev–Trinajstić information content (AvgIpc) is 2.46. The van der Waals surface area contributed by atoms with E-state index in [9.17, 15) is 0 Å². The molecule has 3 rings (SSSR count). The van der Waals surface area contributed by atoms with Gasteiger partial charge < -0.3 is 4.90 Å². The molecule has 0 spiro atoms. The minimum atomic E-state index is 0. The molecule has 0 saturated heterocycles. The van der Waals surface area contributed by atoms with Crippen molar-refractivity contribution in [1.29, 1.82) is 0 Å². The smallest absolute Gasteiger partial charge is 0.104 e. The highest BCUT2D eigenvalue weighted by Gasteiger charge is 2.24. The van der Waals surface area contributed by atoms with Gasteiger partial charge in [-0.2, -0.15) is 0 Å². The summed E-state index contributed by atoms with van der Waals surface area (Å²) >= 11 is 3.66. The van der Waals surface area contributed by atoms with Crippen molar-refractivity contribution in [3.05, 3.63) is 69.7 Å². The number of hydrogen-bond donors (Lipinski definition) is 0. The molecule has 0 aliphatic carbocycles. The van der Waals surface area contributed by atoms with Crippen molar-refractivity contribution in [1.82, 2.24) is 4.90 Å². The van der Waals surface area contributed by atoms with Crippen LogP contribution in [0.2, 0.25) is 0 Å². The summed E-state index contributed by atoms with van der Waals surface area (Å²) in [5.74, 6) is 1.13. The van der Waals surface area contributed by atoms with Gasteiger partial charge in [-0.25, -0.2) is 0 Å². The van der Waals surface area contributed by atoms with Crippen LogP contribution in [0, 0.1) is 0 Å². The van der Waals surface area contributed by atoms with E-state index in [1.165, 1.54) is 16.7 Å². The largest absolute Gasteiger partial charge is 0.366 e. The van der Waals surface area contributed by atoms with Gasteiger partial charge in [-0.05, 0) is 22.8 Å². The molecule has 0 aromatic heterocycles. The highest BCUT2D eigenvalue weighted by atomic mass is 79.9. The van der Waals surface area contributed by atoms with E-state index in [-0.39, 0.29) is 18.4 Å². The van der Waals surface area contributed by atoms with E-state index in [1.807, 2.05) is 6.07 Å². The van der Waals surface area contributed by atoms with Gasteiger partial charge in [0.25, 0.3) is 0 Å². The Kier molecular flexibility index (Phi) is 5.07. The Labute approximate surface area is 140 Å². The monoisotopic (exact) mass is 364 g/mol. The van der Waals surface area contributed by atoms with Gasteiger partial charge in [0.2, 0.25) is 0 Å². The van der Waals surface area contributed by atoms with E-state index in [0.717, 1.165) is 16.7 Å². The first-order valence-electron chi connectivity index (χ1n) is 6.73. The Morgan fingerprint density at radius 1 is 1.00 bits per heavy atom. The summed E-state index contributed by atoms with van der Waals surface area (Å²) in [6.07, 6.45) is 0.907. The molecule has 4 heteroatoms. The maximum atomic E-state index is 4.97. The summed E-state index contributed by atoms with van der Waals surface area (Å²) in [5, 5.41) is 0. The molecule has 2 aromatic rings. The topological polar surface area (TPSA) is 15.6 Å². The Morgan fingerprint density at radius 2 is 1.62 bits per heavy atom. The van der Waals surface area contributed by atoms with Gasteiger partial charge in [-0.15, -0.1) is 12.4 Å². The van der Waals surface area contributed by atoms with E-state index in [4.69, 9.17) is 4.99 Å². The van der Waals surface area contributed by atoms with E-state index < -0.39 is 0 Å². The van der Waals surface area contributed by atoms with Crippen LogP contribution >= 0.6 is 28.3 Å². The minimum absolute atomic E-state index is 0. The lowest BCUT2D eigenvalue weighted by Crippen LogP contribution is -2.28.